The summed E-state index contributed by atoms with van der Waals surface area (Å²) in [6, 6.07) is 18.5. The van der Waals surface area contributed by atoms with E-state index < -0.39 is 0 Å². The van der Waals surface area contributed by atoms with E-state index in [9.17, 15) is 4.39 Å². The van der Waals surface area contributed by atoms with Gasteiger partial charge in [-0.3, -0.25) is 10.1 Å². The van der Waals surface area contributed by atoms with Crippen molar-refractivity contribution in [3.63, 3.8) is 0 Å². The lowest BCUT2D eigenvalue weighted by Gasteiger charge is -2.04. The van der Waals surface area contributed by atoms with Crippen molar-refractivity contribution in [1.82, 2.24) is 25.1 Å². The number of benzene rings is 2. The van der Waals surface area contributed by atoms with Crippen LogP contribution in [0.15, 0.2) is 79.3 Å². The number of halogens is 1. The maximum Gasteiger partial charge on any atom is 0.138 e. The fourth-order valence-corrected chi connectivity index (χ4v) is 4.15. The van der Waals surface area contributed by atoms with Gasteiger partial charge in [-0.1, -0.05) is 18.2 Å². The Labute approximate surface area is 188 Å². The molecule has 0 unspecified atom stereocenters. The highest BCUT2D eigenvalue weighted by Crippen LogP contribution is 2.35. The van der Waals surface area contributed by atoms with Gasteiger partial charge < -0.3 is 9.72 Å². The molecular weight excluding hydrogens is 417 g/mol. The number of methoxy groups -OCH3 is 1. The Morgan fingerprint density at radius 1 is 0.879 bits per heavy atom. The molecule has 0 amide bonds. The van der Waals surface area contributed by atoms with E-state index in [1.54, 1.807) is 25.6 Å². The molecule has 0 bridgehead atoms. The minimum Gasteiger partial charge on any atom is -0.495 e. The standard InChI is InChI=1S/C26H18FN5O/c1-33-19-10-17(13-28-14-19)15-5-6-23-22(11-15)25(32-31-23)24-12-21-20(7-8-29-26(21)30-24)16-3-2-4-18(27)9-16/h2-14H,1H3,(H,29,30)(H,31,32). The van der Waals surface area contributed by atoms with E-state index in [2.05, 4.69) is 31.2 Å². The third kappa shape index (κ3) is 3.30. The second-order valence-electron chi connectivity index (χ2n) is 7.76. The van der Waals surface area contributed by atoms with Gasteiger partial charge in [0.15, 0.2) is 0 Å². The van der Waals surface area contributed by atoms with Crippen LogP contribution < -0.4 is 4.74 Å². The van der Waals surface area contributed by atoms with Crippen LogP contribution in [0.1, 0.15) is 0 Å². The van der Waals surface area contributed by atoms with Crippen molar-refractivity contribution in [2.75, 3.05) is 7.11 Å². The molecule has 0 atom stereocenters. The number of nitrogens with zero attached hydrogens (tertiary/aromatic N) is 3. The van der Waals surface area contributed by atoms with Gasteiger partial charge >= 0.3 is 0 Å². The van der Waals surface area contributed by atoms with Crippen molar-refractivity contribution in [3.05, 3.63) is 85.1 Å². The summed E-state index contributed by atoms with van der Waals surface area (Å²) in [5, 5.41) is 9.54. The molecule has 6 aromatic rings. The van der Waals surface area contributed by atoms with Gasteiger partial charge in [0.25, 0.3) is 0 Å². The Morgan fingerprint density at radius 3 is 2.70 bits per heavy atom. The average Bonchev–Trinajstić information content (AvgIpc) is 3.47. The molecule has 2 N–H and O–H groups in total. The van der Waals surface area contributed by atoms with Gasteiger partial charge in [-0.2, -0.15) is 5.10 Å². The van der Waals surface area contributed by atoms with Gasteiger partial charge in [0, 0.05) is 28.7 Å². The highest BCUT2D eigenvalue weighted by molar-refractivity contribution is 6.00. The van der Waals surface area contributed by atoms with Crippen molar-refractivity contribution in [1.29, 1.82) is 0 Å². The van der Waals surface area contributed by atoms with Crippen LogP contribution >= 0.6 is 0 Å². The summed E-state index contributed by atoms with van der Waals surface area (Å²) in [7, 11) is 1.63. The van der Waals surface area contributed by atoms with Gasteiger partial charge in [0.1, 0.15) is 22.9 Å². The van der Waals surface area contributed by atoms with Crippen LogP contribution in [0.25, 0.3) is 55.6 Å². The Hall–Kier alpha value is -4.52. The van der Waals surface area contributed by atoms with Crippen molar-refractivity contribution < 1.29 is 9.13 Å². The summed E-state index contributed by atoms with van der Waals surface area (Å²) < 4.78 is 19.1. The Kier molecular flexibility index (Phi) is 4.40. The van der Waals surface area contributed by atoms with Crippen molar-refractivity contribution in [2.45, 2.75) is 0 Å². The van der Waals surface area contributed by atoms with E-state index >= 15 is 0 Å². The van der Waals surface area contributed by atoms with E-state index in [-0.39, 0.29) is 5.82 Å². The van der Waals surface area contributed by atoms with E-state index in [0.29, 0.717) is 5.75 Å². The summed E-state index contributed by atoms with van der Waals surface area (Å²) in [5.41, 5.74) is 6.91. The molecule has 0 saturated heterocycles. The fourth-order valence-electron chi connectivity index (χ4n) is 4.15. The largest absolute Gasteiger partial charge is 0.495 e. The number of hydrogen-bond acceptors (Lipinski definition) is 4. The molecule has 0 aliphatic carbocycles. The molecular formula is C26H18FN5O. The van der Waals surface area contributed by atoms with E-state index in [1.807, 2.05) is 42.6 Å². The molecule has 0 aliphatic heterocycles. The zero-order chi connectivity index (χ0) is 22.4. The maximum absolute atomic E-state index is 13.8. The number of aromatic amines is 2. The first kappa shape index (κ1) is 19.2. The van der Waals surface area contributed by atoms with Crippen LogP contribution in [0.2, 0.25) is 0 Å². The highest BCUT2D eigenvalue weighted by atomic mass is 19.1. The lowest BCUT2D eigenvalue weighted by Crippen LogP contribution is -1.86. The first-order valence-corrected chi connectivity index (χ1v) is 10.4. The zero-order valence-electron chi connectivity index (χ0n) is 17.6. The van der Waals surface area contributed by atoms with Gasteiger partial charge in [0.05, 0.1) is 24.5 Å². The topological polar surface area (TPSA) is 79.5 Å². The lowest BCUT2D eigenvalue weighted by molar-refractivity contribution is 0.413. The molecule has 0 aliphatic rings. The summed E-state index contributed by atoms with van der Waals surface area (Å²) in [4.78, 5) is 12.1. The van der Waals surface area contributed by atoms with Crippen LogP contribution in [-0.2, 0) is 0 Å². The monoisotopic (exact) mass is 435 g/mol. The predicted octanol–water partition coefficient (Wildman–Crippen LogP) is 5.98. The Balaban J connectivity index is 1.49. The van der Waals surface area contributed by atoms with Crippen LogP contribution in [0.3, 0.4) is 0 Å². The van der Waals surface area contributed by atoms with Crippen molar-refractivity contribution >= 4 is 21.9 Å². The second kappa shape index (κ2) is 7.56. The van der Waals surface area contributed by atoms with Gasteiger partial charge in [-0.25, -0.2) is 9.37 Å². The smallest absolute Gasteiger partial charge is 0.138 e. The van der Waals surface area contributed by atoms with Gasteiger partial charge in [-0.05, 0) is 59.2 Å². The molecule has 6 rings (SSSR count). The van der Waals surface area contributed by atoms with Crippen LogP contribution in [0.5, 0.6) is 5.75 Å². The van der Waals surface area contributed by atoms with Crippen LogP contribution in [0.4, 0.5) is 4.39 Å². The average molecular weight is 435 g/mol. The first-order chi connectivity index (χ1) is 16.2. The molecule has 6 nitrogen and oxygen atoms in total. The number of ether oxygens (including phenoxy) is 1. The summed E-state index contributed by atoms with van der Waals surface area (Å²) in [6.45, 7) is 0. The molecule has 2 aromatic carbocycles. The fraction of sp³-hybridized carbons (Fsp3) is 0.0385. The van der Waals surface area contributed by atoms with E-state index in [0.717, 1.165) is 55.6 Å². The van der Waals surface area contributed by atoms with E-state index in [1.165, 1.54) is 12.1 Å². The minimum absolute atomic E-state index is 0.272. The normalized spacial score (nSPS) is 11.3. The second-order valence-corrected chi connectivity index (χ2v) is 7.76. The number of fused-ring (bicyclic) bond motifs is 2. The Bertz CT molecular complexity index is 1640. The number of pyridine rings is 2. The molecule has 0 spiro atoms. The third-order valence-electron chi connectivity index (χ3n) is 5.77. The number of aromatic nitrogens is 5. The molecule has 160 valence electrons. The molecule has 0 fully saturated rings. The first-order valence-electron chi connectivity index (χ1n) is 10.4. The molecule has 33 heavy (non-hydrogen) atoms. The molecule has 0 radical (unpaired) electrons. The van der Waals surface area contributed by atoms with Crippen molar-refractivity contribution in [3.8, 4) is 39.4 Å². The summed E-state index contributed by atoms with van der Waals surface area (Å²) >= 11 is 0. The van der Waals surface area contributed by atoms with Crippen molar-refractivity contribution in [2.24, 2.45) is 0 Å². The third-order valence-corrected chi connectivity index (χ3v) is 5.77. The highest BCUT2D eigenvalue weighted by Gasteiger charge is 2.15. The number of hydrogen-bond donors (Lipinski definition) is 2. The zero-order valence-corrected chi connectivity index (χ0v) is 17.6. The molecule has 0 saturated carbocycles. The number of nitrogens with one attached hydrogen (secondary N) is 2. The predicted molar refractivity (Wildman–Crippen MR) is 126 cm³/mol. The maximum atomic E-state index is 13.8. The number of H-pyrrole nitrogens is 2. The summed E-state index contributed by atoms with van der Waals surface area (Å²) in [5.74, 6) is 0.428. The quantitative estimate of drug-likeness (QED) is 0.357. The summed E-state index contributed by atoms with van der Waals surface area (Å²) in [6.07, 6.45) is 5.21. The lowest BCUT2D eigenvalue weighted by atomic mass is 10.0. The Morgan fingerprint density at radius 2 is 1.82 bits per heavy atom. The van der Waals surface area contributed by atoms with Crippen LogP contribution in [0, 0.1) is 5.82 Å². The van der Waals surface area contributed by atoms with Gasteiger partial charge in [-0.15, -0.1) is 0 Å². The van der Waals surface area contributed by atoms with Crippen LogP contribution in [-0.4, -0.2) is 32.3 Å². The number of rotatable bonds is 4. The minimum atomic E-state index is -0.272. The van der Waals surface area contributed by atoms with E-state index in [4.69, 9.17) is 4.74 Å². The SMILES string of the molecule is COc1cncc(-c2ccc3[nH]nc(-c4cc5c(-c6cccc(F)c6)ccnc5[nH]4)c3c2)c1. The molecule has 4 heterocycles. The molecule has 7 heteroatoms. The van der Waals surface area contributed by atoms with Gasteiger partial charge in [0.2, 0.25) is 0 Å². The molecule has 4 aromatic heterocycles.